The van der Waals surface area contributed by atoms with Crippen LogP contribution in [-0.2, 0) is 0 Å². The topological polar surface area (TPSA) is 24.9 Å². The van der Waals surface area contributed by atoms with E-state index in [9.17, 15) is 0 Å². The summed E-state index contributed by atoms with van der Waals surface area (Å²) in [5.74, 6) is 0. The molecule has 2 rings (SSSR count). The highest BCUT2D eigenvalue weighted by Gasteiger charge is 2.18. The number of hydrogen-bond acceptors (Lipinski definition) is 2. The van der Waals surface area contributed by atoms with Crippen molar-refractivity contribution in [1.82, 2.24) is 10.3 Å². The molecule has 1 aromatic heterocycles. The molecule has 1 aromatic carbocycles. The maximum absolute atomic E-state index is 6.12. The molecular weight excluding hydrogens is 324 g/mol. The van der Waals surface area contributed by atoms with Crippen LogP contribution in [0.2, 0.25) is 5.02 Å². The summed E-state index contributed by atoms with van der Waals surface area (Å²) >= 11 is 9.73. The third-order valence-electron chi connectivity index (χ3n) is 3.07. The summed E-state index contributed by atoms with van der Waals surface area (Å²) in [5, 5.41) is 4.23. The molecule has 0 fully saturated rings. The lowest BCUT2D eigenvalue weighted by Crippen LogP contribution is -2.23. The van der Waals surface area contributed by atoms with Gasteiger partial charge in [0.1, 0.15) is 0 Å². The van der Waals surface area contributed by atoms with Crippen molar-refractivity contribution >= 4 is 27.5 Å². The first kappa shape index (κ1) is 14.5. The summed E-state index contributed by atoms with van der Waals surface area (Å²) in [6, 6.07) is 7.97. The molecule has 1 heterocycles. The second-order valence-corrected chi connectivity index (χ2v) is 5.68. The zero-order valence-electron chi connectivity index (χ0n) is 11.0. The average Bonchev–Trinajstić information content (AvgIpc) is 2.40. The largest absolute Gasteiger partial charge is 0.306 e. The average molecular weight is 340 g/mol. The monoisotopic (exact) mass is 338 g/mol. The van der Waals surface area contributed by atoms with E-state index in [4.69, 9.17) is 11.6 Å². The zero-order chi connectivity index (χ0) is 13.8. The Morgan fingerprint density at radius 1 is 1.32 bits per heavy atom. The fourth-order valence-electron chi connectivity index (χ4n) is 2.11. The minimum atomic E-state index is 0.0896. The maximum Gasteiger partial charge on any atom is 0.0606 e. The highest BCUT2D eigenvalue weighted by atomic mass is 79.9. The molecular formula is C15H16BrClN2. The second kappa shape index (κ2) is 6.51. The summed E-state index contributed by atoms with van der Waals surface area (Å²) in [6.07, 6.45) is 3.73. The Bertz CT molecular complexity index is 572. The summed E-state index contributed by atoms with van der Waals surface area (Å²) < 4.78 is 1.05. The molecule has 0 radical (unpaired) electrons. The van der Waals surface area contributed by atoms with Gasteiger partial charge in [0.15, 0.2) is 0 Å². The van der Waals surface area contributed by atoms with E-state index in [2.05, 4.69) is 40.1 Å². The van der Waals surface area contributed by atoms with Gasteiger partial charge in [-0.3, -0.25) is 4.98 Å². The molecule has 0 aliphatic rings. The SMILES string of the molecule is CCNC(c1cnccc1C)c1cc(Cl)ccc1Br. The molecule has 2 aromatic rings. The van der Waals surface area contributed by atoms with Crippen LogP contribution in [-0.4, -0.2) is 11.5 Å². The lowest BCUT2D eigenvalue weighted by atomic mass is 9.97. The number of halogens is 2. The van der Waals surface area contributed by atoms with E-state index in [1.807, 2.05) is 36.7 Å². The molecule has 0 aliphatic carbocycles. The molecule has 100 valence electrons. The van der Waals surface area contributed by atoms with Gasteiger partial charge in [0.2, 0.25) is 0 Å². The molecule has 1 atom stereocenters. The Morgan fingerprint density at radius 3 is 2.79 bits per heavy atom. The quantitative estimate of drug-likeness (QED) is 0.887. The fraction of sp³-hybridized carbons (Fsp3) is 0.267. The molecule has 0 saturated heterocycles. The number of hydrogen-bond donors (Lipinski definition) is 1. The minimum Gasteiger partial charge on any atom is -0.306 e. The van der Waals surface area contributed by atoms with E-state index in [1.165, 1.54) is 11.1 Å². The molecule has 0 bridgehead atoms. The van der Waals surface area contributed by atoms with Gasteiger partial charge in [0.05, 0.1) is 6.04 Å². The van der Waals surface area contributed by atoms with Crippen LogP contribution in [0.1, 0.15) is 29.7 Å². The molecule has 1 N–H and O–H groups in total. The molecule has 19 heavy (non-hydrogen) atoms. The van der Waals surface area contributed by atoms with E-state index < -0.39 is 0 Å². The van der Waals surface area contributed by atoms with Gasteiger partial charge in [-0.05, 0) is 54.4 Å². The highest BCUT2D eigenvalue weighted by molar-refractivity contribution is 9.10. The Hall–Kier alpha value is -0.900. The summed E-state index contributed by atoms with van der Waals surface area (Å²) in [4.78, 5) is 4.24. The molecule has 0 aliphatic heterocycles. The van der Waals surface area contributed by atoms with Crippen LogP contribution >= 0.6 is 27.5 Å². The van der Waals surface area contributed by atoms with E-state index in [0.717, 1.165) is 21.6 Å². The summed E-state index contributed by atoms with van der Waals surface area (Å²) in [5.41, 5.74) is 3.52. The van der Waals surface area contributed by atoms with Gasteiger partial charge < -0.3 is 5.32 Å². The van der Waals surface area contributed by atoms with Gasteiger partial charge in [-0.25, -0.2) is 0 Å². The van der Waals surface area contributed by atoms with E-state index in [0.29, 0.717) is 0 Å². The van der Waals surface area contributed by atoms with Crippen LogP contribution in [0.25, 0.3) is 0 Å². The van der Waals surface area contributed by atoms with E-state index in [1.54, 1.807) is 0 Å². The Balaban J connectivity index is 2.51. The van der Waals surface area contributed by atoms with E-state index in [-0.39, 0.29) is 6.04 Å². The van der Waals surface area contributed by atoms with Gasteiger partial charge >= 0.3 is 0 Å². The van der Waals surface area contributed by atoms with Crippen molar-refractivity contribution in [2.75, 3.05) is 6.54 Å². The molecule has 2 nitrogen and oxygen atoms in total. The lowest BCUT2D eigenvalue weighted by molar-refractivity contribution is 0.623. The number of pyridine rings is 1. The van der Waals surface area contributed by atoms with Gasteiger partial charge in [-0.1, -0.05) is 34.5 Å². The number of aryl methyl sites for hydroxylation is 1. The van der Waals surface area contributed by atoms with Crippen molar-refractivity contribution in [2.45, 2.75) is 19.9 Å². The predicted molar refractivity (Wildman–Crippen MR) is 83.6 cm³/mol. The first-order chi connectivity index (χ1) is 9.13. The van der Waals surface area contributed by atoms with Crippen molar-refractivity contribution in [3.8, 4) is 0 Å². The molecule has 0 amide bonds. The van der Waals surface area contributed by atoms with Crippen LogP contribution < -0.4 is 5.32 Å². The van der Waals surface area contributed by atoms with Crippen molar-refractivity contribution in [3.05, 3.63) is 62.8 Å². The van der Waals surface area contributed by atoms with Gasteiger partial charge in [0.25, 0.3) is 0 Å². The van der Waals surface area contributed by atoms with Crippen LogP contribution in [0, 0.1) is 6.92 Å². The normalized spacial score (nSPS) is 12.4. The highest BCUT2D eigenvalue weighted by Crippen LogP contribution is 2.31. The number of rotatable bonds is 4. The predicted octanol–water partition coefficient (Wildman–Crippen LogP) is 4.50. The summed E-state index contributed by atoms with van der Waals surface area (Å²) in [7, 11) is 0. The number of benzene rings is 1. The Kier molecular flexibility index (Phi) is 4.97. The van der Waals surface area contributed by atoms with Crippen LogP contribution in [0.4, 0.5) is 0 Å². The van der Waals surface area contributed by atoms with Crippen LogP contribution in [0.5, 0.6) is 0 Å². The molecule has 1 unspecified atom stereocenters. The number of nitrogens with one attached hydrogen (secondary N) is 1. The van der Waals surface area contributed by atoms with E-state index >= 15 is 0 Å². The smallest absolute Gasteiger partial charge is 0.0606 e. The van der Waals surface area contributed by atoms with Crippen molar-refractivity contribution in [2.24, 2.45) is 0 Å². The Labute approximate surface area is 127 Å². The van der Waals surface area contributed by atoms with Crippen molar-refractivity contribution in [3.63, 3.8) is 0 Å². The number of nitrogens with zero attached hydrogens (tertiary/aromatic N) is 1. The standard InChI is InChI=1S/C15H16BrClN2/c1-3-19-15(13-9-18-7-6-10(13)2)12-8-11(17)4-5-14(12)16/h4-9,15,19H,3H2,1-2H3. The fourth-order valence-corrected chi connectivity index (χ4v) is 2.76. The molecule has 4 heteroatoms. The summed E-state index contributed by atoms with van der Waals surface area (Å²) in [6.45, 7) is 5.06. The maximum atomic E-state index is 6.12. The Morgan fingerprint density at radius 2 is 2.11 bits per heavy atom. The third kappa shape index (κ3) is 3.35. The number of aromatic nitrogens is 1. The van der Waals surface area contributed by atoms with Crippen LogP contribution in [0.15, 0.2) is 41.1 Å². The molecule has 0 saturated carbocycles. The first-order valence-corrected chi connectivity index (χ1v) is 7.39. The van der Waals surface area contributed by atoms with Crippen LogP contribution in [0.3, 0.4) is 0 Å². The minimum absolute atomic E-state index is 0.0896. The van der Waals surface area contributed by atoms with Crippen molar-refractivity contribution in [1.29, 1.82) is 0 Å². The van der Waals surface area contributed by atoms with Crippen molar-refractivity contribution < 1.29 is 0 Å². The van der Waals surface area contributed by atoms with Gasteiger partial charge in [-0.15, -0.1) is 0 Å². The third-order valence-corrected chi connectivity index (χ3v) is 4.03. The zero-order valence-corrected chi connectivity index (χ0v) is 13.3. The molecule has 0 spiro atoms. The van der Waals surface area contributed by atoms with Gasteiger partial charge in [0, 0.05) is 21.9 Å². The second-order valence-electron chi connectivity index (χ2n) is 4.39. The first-order valence-electron chi connectivity index (χ1n) is 6.22. The lowest BCUT2D eigenvalue weighted by Gasteiger charge is -2.22. The van der Waals surface area contributed by atoms with Gasteiger partial charge in [-0.2, -0.15) is 0 Å².